The van der Waals surface area contributed by atoms with Crippen molar-refractivity contribution >= 4 is 34.5 Å². The van der Waals surface area contributed by atoms with E-state index in [1.54, 1.807) is 0 Å². The van der Waals surface area contributed by atoms with Gasteiger partial charge in [0.2, 0.25) is 0 Å². The van der Waals surface area contributed by atoms with Crippen LogP contribution >= 0.6 is 0 Å². The molecule has 2 aromatic carbocycles. The van der Waals surface area contributed by atoms with Crippen molar-refractivity contribution < 1.29 is 0 Å². The molecule has 0 spiro atoms. The molecule has 0 saturated heterocycles. The van der Waals surface area contributed by atoms with Gasteiger partial charge in [-0.3, -0.25) is 0 Å². The Balaban J connectivity index is 2.12. The van der Waals surface area contributed by atoms with E-state index in [2.05, 4.69) is 72.0 Å². The molecule has 2 heteroatoms. The summed E-state index contributed by atoms with van der Waals surface area (Å²) in [5.74, 6) is 0. The molecule has 0 bridgehead atoms. The number of nitrogens with one attached hydrogen (secondary N) is 2. The first kappa shape index (κ1) is 12.0. The van der Waals surface area contributed by atoms with Gasteiger partial charge in [0.1, 0.15) is 0 Å². The standard InChI is InChI=1S/C19H16N2/c1-12-16(14-7-3-5-9-18(14)20-12)11-17-13(2)21-19-10-6-4-8-15(17)19/h3-11,20-21H,1H2,2H3/b16-11+. The van der Waals surface area contributed by atoms with Crippen molar-refractivity contribution in [2.75, 3.05) is 0 Å². The molecular formula is C19H16N2. The zero-order valence-corrected chi connectivity index (χ0v) is 11.9. The van der Waals surface area contributed by atoms with Gasteiger partial charge in [-0.05, 0) is 25.1 Å². The van der Waals surface area contributed by atoms with E-state index in [1.165, 1.54) is 32.8 Å². The molecule has 4 rings (SSSR count). The average molecular weight is 272 g/mol. The van der Waals surface area contributed by atoms with Crippen LogP contribution in [-0.2, 0) is 0 Å². The van der Waals surface area contributed by atoms with Crippen LogP contribution in [-0.4, -0.2) is 9.97 Å². The SMILES string of the molecule is C=c1[nH]c2ccccc2/c1=C/c1c(C)[nH]c2ccccc12. The molecular weight excluding hydrogens is 256 g/mol. The average Bonchev–Trinajstić information content (AvgIpc) is 2.97. The number of fused-ring (bicyclic) bond motifs is 2. The second-order valence-corrected chi connectivity index (χ2v) is 5.42. The summed E-state index contributed by atoms with van der Waals surface area (Å²) in [4.78, 5) is 6.80. The molecule has 21 heavy (non-hydrogen) atoms. The third-order valence-electron chi connectivity index (χ3n) is 4.06. The Labute approximate surface area is 122 Å². The Hall–Kier alpha value is -2.74. The molecule has 4 aromatic rings. The highest BCUT2D eigenvalue weighted by Crippen LogP contribution is 2.22. The molecule has 0 amide bonds. The fourth-order valence-corrected chi connectivity index (χ4v) is 3.01. The molecule has 102 valence electrons. The summed E-state index contributed by atoms with van der Waals surface area (Å²) in [5, 5.41) is 4.59. The number of rotatable bonds is 1. The first-order valence-corrected chi connectivity index (χ1v) is 7.09. The second kappa shape index (κ2) is 4.38. The lowest BCUT2D eigenvalue weighted by atomic mass is 10.1. The topological polar surface area (TPSA) is 31.6 Å². The predicted molar refractivity (Wildman–Crippen MR) is 89.7 cm³/mol. The molecule has 0 atom stereocenters. The zero-order chi connectivity index (χ0) is 14.4. The number of H-pyrrole nitrogens is 2. The summed E-state index contributed by atoms with van der Waals surface area (Å²) in [5.41, 5.74) is 4.72. The van der Waals surface area contributed by atoms with Gasteiger partial charge >= 0.3 is 0 Å². The third-order valence-corrected chi connectivity index (χ3v) is 4.06. The third kappa shape index (κ3) is 1.80. The summed E-state index contributed by atoms with van der Waals surface area (Å²) < 4.78 is 0. The Bertz CT molecular complexity index is 1060. The Morgan fingerprint density at radius 2 is 1.48 bits per heavy atom. The van der Waals surface area contributed by atoms with Crippen molar-refractivity contribution in [2.45, 2.75) is 6.92 Å². The highest BCUT2D eigenvalue weighted by Gasteiger charge is 2.06. The fourth-order valence-electron chi connectivity index (χ4n) is 3.01. The van der Waals surface area contributed by atoms with Gasteiger partial charge in [-0.2, -0.15) is 0 Å². The van der Waals surface area contributed by atoms with Crippen molar-refractivity contribution in [3.63, 3.8) is 0 Å². The van der Waals surface area contributed by atoms with E-state index in [-0.39, 0.29) is 0 Å². The minimum absolute atomic E-state index is 0.959. The molecule has 0 aliphatic heterocycles. The lowest BCUT2D eigenvalue weighted by Gasteiger charge is -1.93. The van der Waals surface area contributed by atoms with E-state index >= 15 is 0 Å². The quantitative estimate of drug-likeness (QED) is 0.533. The number of para-hydroxylation sites is 2. The van der Waals surface area contributed by atoms with Gasteiger partial charge in [0, 0.05) is 43.6 Å². The fraction of sp³-hybridized carbons (Fsp3) is 0.0526. The van der Waals surface area contributed by atoms with Crippen molar-refractivity contribution in [2.24, 2.45) is 0 Å². The second-order valence-electron chi connectivity index (χ2n) is 5.42. The minimum atomic E-state index is 0.959. The number of aromatic nitrogens is 2. The summed E-state index contributed by atoms with van der Waals surface area (Å²) in [7, 11) is 0. The van der Waals surface area contributed by atoms with Crippen LogP contribution in [0.2, 0.25) is 0 Å². The molecule has 2 heterocycles. The zero-order valence-electron chi connectivity index (χ0n) is 11.9. The summed E-state index contributed by atoms with van der Waals surface area (Å²) >= 11 is 0. The van der Waals surface area contributed by atoms with Crippen molar-refractivity contribution in [1.82, 2.24) is 9.97 Å². The maximum Gasteiger partial charge on any atom is 0.0464 e. The number of aryl methyl sites for hydroxylation is 1. The van der Waals surface area contributed by atoms with Gasteiger partial charge < -0.3 is 9.97 Å². The normalized spacial score (nSPS) is 12.5. The molecule has 0 aliphatic carbocycles. The summed E-state index contributed by atoms with van der Waals surface area (Å²) in [6.45, 7) is 6.27. The first-order valence-electron chi connectivity index (χ1n) is 7.09. The Kier molecular flexibility index (Phi) is 2.51. The van der Waals surface area contributed by atoms with Gasteiger partial charge in [0.05, 0.1) is 0 Å². The lowest BCUT2D eigenvalue weighted by molar-refractivity contribution is 1.29. The van der Waals surface area contributed by atoms with E-state index in [1.807, 2.05) is 6.07 Å². The molecule has 0 saturated carbocycles. The smallest absolute Gasteiger partial charge is 0.0464 e. The van der Waals surface area contributed by atoms with Gasteiger partial charge in [-0.15, -0.1) is 0 Å². The first-order chi connectivity index (χ1) is 10.2. The molecule has 0 aliphatic rings. The molecule has 2 aromatic heterocycles. The maximum absolute atomic E-state index is 4.15. The lowest BCUT2D eigenvalue weighted by Crippen LogP contribution is -2.20. The van der Waals surface area contributed by atoms with Crippen LogP contribution in [0.4, 0.5) is 0 Å². The predicted octanol–water partition coefficient (Wildman–Crippen LogP) is 3.20. The van der Waals surface area contributed by atoms with Gasteiger partial charge in [0.25, 0.3) is 0 Å². The molecule has 0 fully saturated rings. The minimum Gasteiger partial charge on any atom is -0.358 e. The van der Waals surface area contributed by atoms with Crippen molar-refractivity contribution in [3.05, 3.63) is 70.4 Å². The van der Waals surface area contributed by atoms with E-state index in [0.29, 0.717) is 0 Å². The molecule has 0 radical (unpaired) electrons. The highest BCUT2D eigenvalue weighted by atomic mass is 14.7. The molecule has 0 unspecified atom stereocenters. The van der Waals surface area contributed by atoms with Crippen LogP contribution in [0.3, 0.4) is 0 Å². The van der Waals surface area contributed by atoms with E-state index in [0.717, 1.165) is 10.9 Å². The Morgan fingerprint density at radius 1 is 0.857 bits per heavy atom. The van der Waals surface area contributed by atoms with Crippen LogP contribution < -0.4 is 10.6 Å². The number of hydrogen-bond acceptors (Lipinski definition) is 0. The maximum atomic E-state index is 4.15. The number of benzene rings is 2. The van der Waals surface area contributed by atoms with Crippen LogP contribution in [0.5, 0.6) is 0 Å². The van der Waals surface area contributed by atoms with Crippen LogP contribution in [0.1, 0.15) is 11.3 Å². The van der Waals surface area contributed by atoms with E-state index in [9.17, 15) is 0 Å². The Morgan fingerprint density at radius 3 is 2.24 bits per heavy atom. The van der Waals surface area contributed by atoms with Crippen LogP contribution in [0.25, 0.3) is 34.5 Å². The number of hydrogen-bond donors (Lipinski definition) is 2. The van der Waals surface area contributed by atoms with Crippen molar-refractivity contribution in [1.29, 1.82) is 0 Å². The van der Waals surface area contributed by atoms with E-state index in [4.69, 9.17) is 0 Å². The largest absolute Gasteiger partial charge is 0.358 e. The van der Waals surface area contributed by atoms with Crippen molar-refractivity contribution in [3.8, 4) is 0 Å². The summed E-state index contributed by atoms with van der Waals surface area (Å²) in [6, 6.07) is 16.7. The van der Waals surface area contributed by atoms with Gasteiger partial charge in [0.15, 0.2) is 0 Å². The van der Waals surface area contributed by atoms with Gasteiger partial charge in [-0.1, -0.05) is 43.0 Å². The summed E-state index contributed by atoms with van der Waals surface area (Å²) in [6.07, 6.45) is 2.23. The number of aromatic amines is 2. The monoisotopic (exact) mass is 272 g/mol. The van der Waals surface area contributed by atoms with Crippen LogP contribution in [0.15, 0.2) is 48.5 Å². The van der Waals surface area contributed by atoms with Crippen LogP contribution in [0, 0.1) is 6.92 Å². The van der Waals surface area contributed by atoms with E-state index < -0.39 is 0 Å². The van der Waals surface area contributed by atoms with Gasteiger partial charge in [-0.25, -0.2) is 0 Å². The highest BCUT2D eigenvalue weighted by molar-refractivity contribution is 5.92. The molecule has 2 N–H and O–H groups in total. The molecule has 2 nitrogen and oxygen atoms in total.